The first kappa shape index (κ1) is 19.8. The second-order valence-electron chi connectivity index (χ2n) is 5.82. The van der Waals surface area contributed by atoms with Gasteiger partial charge in [-0.05, 0) is 36.4 Å². The Bertz CT molecular complexity index is 1060. The minimum absolute atomic E-state index is 0.192. The van der Waals surface area contributed by atoms with E-state index in [0.717, 1.165) is 30.0 Å². The Morgan fingerprint density at radius 3 is 2.56 bits per heavy atom. The largest absolute Gasteiger partial charge is 0.341 e. The summed E-state index contributed by atoms with van der Waals surface area (Å²) >= 11 is 1.12. The van der Waals surface area contributed by atoms with E-state index in [4.69, 9.17) is 0 Å². The van der Waals surface area contributed by atoms with Crippen LogP contribution in [0.4, 0.5) is 8.78 Å². The van der Waals surface area contributed by atoms with E-state index in [2.05, 4.69) is 9.97 Å². The molecule has 2 aromatic carbocycles. The van der Waals surface area contributed by atoms with Crippen molar-refractivity contribution in [2.24, 2.45) is 0 Å². The zero-order valence-corrected chi connectivity index (χ0v) is 16.5. The Morgan fingerprint density at radius 1 is 1.11 bits per heavy atom. The van der Waals surface area contributed by atoms with Gasteiger partial charge < -0.3 is 4.98 Å². The van der Waals surface area contributed by atoms with Gasteiger partial charge in [-0.2, -0.15) is 4.31 Å². The molecule has 0 aliphatic heterocycles. The van der Waals surface area contributed by atoms with Crippen molar-refractivity contribution in [3.63, 3.8) is 0 Å². The maximum Gasteiger partial charge on any atom is 0.243 e. The maximum absolute atomic E-state index is 13.7. The summed E-state index contributed by atoms with van der Waals surface area (Å²) in [7, 11) is -3.56. The third-order valence-electron chi connectivity index (χ3n) is 4.10. The molecule has 3 rings (SSSR count). The number of nitrogens with zero attached hydrogens (tertiary/aromatic N) is 2. The Hall–Kier alpha value is -1.97. The SMILES string of the molecule is CCN(CC)S(=O)(=O)c1ccc2nc(CSc3cc(F)ccc3F)[nH]c2c1. The van der Waals surface area contributed by atoms with E-state index >= 15 is 0 Å². The van der Waals surface area contributed by atoms with Crippen molar-refractivity contribution in [2.45, 2.75) is 29.4 Å². The lowest BCUT2D eigenvalue weighted by molar-refractivity contribution is 0.445. The van der Waals surface area contributed by atoms with Crippen molar-refractivity contribution in [3.05, 3.63) is 53.9 Å². The number of aromatic nitrogens is 2. The maximum atomic E-state index is 13.7. The molecule has 1 heterocycles. The number of H-pyrrole nitrogens is 1. The van der Waals surface area contributed by atoms with Crippen LogP contribution in [0.2, 0.25) is 0 Å². The monoisotopic (exact) mass is 411 g/mol. The van der Waals surface area contributed by atoms with Crippen LogP contribution in [0.1, 0.15) is 19.7 Å². The summed E-state index contributed by atoms with van der Waals surface area (Å²) in [4.78, 5) is 7.83. The average molecular weight is 411 g/mol. The number of halogens is 2. The van der Waals surface area contributed by atoms with Gasteiger partial charge in [0.05, 0.1) is 21.7 Å². The summed E-state index contributed by atoms with van der Waals surface area (Å²) in [5.41, 5.74) is 1.20. The van der Waals surface area contributed by atoms with E-state index < -0.39 is 21.7 Å². The Labute approximate surface area is 160 Å². The molecule has 1 N–H and O–H groups in total. The summed E-state index contributed by atoms with van der Waals surface area (Å²) in [5.74, 6) is -0.149. The van der Waals surface area contributed by atoms with Gasteiger partial charge in [0.1, 0.15) is 17.5 Å². The zero-order chi connectivity index (χ0) is 19.6. The number of nitrogens with one attached hydrogen (secondary N) is 1. The zero-order valence-electron chi connectivity index (χ0n) is 14.9. The van der Waals surface area contributed by atoms with E-state index in [-0.39, 0.29) is 9.79 Å². The predicted molar refractivity (Wildman–Crippen MR) is 102 cm³/mol. The van der Waals surface area contributed by atoms with Gasteiger partial charge in [0.15, 0.2) is 0 Å². The lowest BCUT2D eigenvalue weighted by Crippen LogP contribution is -2.30. The highest BCUT2D eigenvalue weighted by Crippen LogP contribution is 2.27. The summed E-state index contributed by atoms with van der Waals surface area (Å²) in [6.07, 6.45) is 0. The van der Waals surface area contributed by atoms with Crippen LogP contribution >= 0.6 is 11.8 Å². The fraction of sp³-hybridized carbons (Fsp3) is 0.278. The minimum atomic E-state index is -3.56. The fourth-order valence-electron chi connectivity index (χ4n) is 2.72. The molecule has 5 nitrogen and oxygen atoms in total. The van der Waals surface area contributed by atoms with Crippen molar-refractivity contribution in [1.29, 1.82) is 0 Å². The van der Waals surface area contributed by atoms with E-state index in [1.165, 1.54) is 10.4 Å². The number of imidazole rings is 1. The standard InChI is InChI=1S/C18H19F2N3O2S2/c1-3-23(4-2)27(24,25)13-6-8-15-16(10-13)22-18(21-15)11-26-17-9-12(19)5-7-14(17)20/h5-10H,3-4,11H2,1-2H3,(H,21,22). The first-order chi connectivity index (χ1) is 12.8. The van der Waals surface area contributed by atoms with E-state index in [1.54, 1.807) is 26.0 Å². The van der Waals surface area contributed by atoms with Crippen molar-refractivity contribution in [2.75, 3.05) is 13.1 Å². The molecule has 0 aliphatic carbocycles. The van der Waals surface area contributed by atoms with Crippen molar-refractivity contribution in [1.82, 2.24) is 14.3 Å². The van der Waals surface area contributed by atoms with Crippen LogP contribution in [0.15, 0.2) is 46.2 Å². The predicted octanol–water partition coefficient (Wildman–Crippen LogP) is 4.16. The molecule has 0 radical (unpaired) electrons. The molecule has 0 amide bonds. The average Bonchev–Trinajstić information content (AvgIpc) is 3.05. The molecular formula is C18H19F2N3O2S2. The number of sulfonamides is 1. The second-order valence-corrected chi connectivity index (χ2v) is 8.77. The van der Waals surface area contributed by atoms with Gasteiger partial charge in [-0.15, -0.1) is 11.8 Å². The molecule has 3 aromatic rings. The number of rotatable bonds is 7. The minimum Gasteiger partial charge on any atom is -0.341 e. The van der Waals surface area contributed by atoms with Crippen LogP contribution in [-0.4, -0.2) is 35.8 Å². The quantitative estimate of drug-likeness (QED) is 0.593. The number of benzene rings is 2. The third-order valence-corrected chi connectivity index (χ3v) is 7.19. The van der Waals surface area contributed by atoms with Gasteiger partial charge in [0, 0.05) is 18.0 Å². The molecular weight excluding hydrogens is 392 g/mol. The van der Waals surface area contributed by atoms with Gasteiger partial charge in [-0.1, -0.05) is 13.8 Å². The van der Waals surface area contributed by atoms with Gasteiger partial charge in [-0.25, -0.2) is 22.2 Å². The molecule has 0 fully saturated rings. The van der Waals surface area contributed by atoms with Gasteiger partial charge in [-0.3, -0.25) is 0 Å². The molecule has 0 saturated heterocycles. The molecule has 0 unspecified atom stereocenters. The Balaban J connectivity index is 1.85. The summed E-state index contributed by atoms with van der Waals surface area (Å²) in [6, 6.07) is 8.00. The third kappa shape index (κ3) is 4.15. The van der Waals surface area contributed by atoms with Crippen LogP contribution < -0.4 is 0 Å². The highest BCUT2D eigenvalue weighted by Gasteiger charge is 2.22. The highest BCUT2D eigenvalue weighted by atomic mass is 32.2. The first-order valence-electron chi connectivity index (χ1n) is 8.41. The molecule has 1 aromatic heterocycles. The second kappa shape index (κ2) is 7.95. The number of aromatic amines is 1. The van der Waals surface area contributed by atoms with Crippen LogP contribution in [-0.2, 0) is 15.8 Å². The smallest absolute Gasteiger partial charge is 0.243 e. The van der Waals surface area contributed by atoms with E-state index in [9.17, 15) is 17.2 Å². The molecule has 27 heavy (non-hydrogen) atoms. The van der Waals surface area contributed by atoms with Crippen molar-refractivity contribution >= 4 is 32.8 Å². The Kier molecular flexibility index (Phi) is 5.83. The topological polar surface area (TPSA) is 66.1 Å². The van der Waals surface area contributed by atoms with E-state index in [0.29, 0.717) is 35.7 Å². The van der Waals surface area contributed by atoms with Crippen molar-refractivity contribution < 1.29 is 17.2 Å². The van der Waals surface area contributed by atoms with Gasteiger partial charge in [0.2, 0.25) is 10.0 Å². The molecule has 0 aliphatic rings. The van der Waals surface area contributed by atoms with Crippen LogP contribution in [0.5, 0.6) is 0 Å². The molecule has 144 valence electrons. The van der Waals surface area contributed by atoms with Crippen LogP contribution in [0, 0.1) is 11.6 Å². The number of thioether (sulfide) groups is 1. The Morgan fingerprint density at radius 2 is 1.85 bits per heavy atom. The van der Waals surface area contributed by atoms with Gasteiger partial charge in [0.25, 0.3) is 0 Å². The van der Waals surface area contributed by atoms with E-state index in [1.807, 2.05) is 0 Å². The summed E-state index contributed by atoms with van der Waals surface area (Å²) < 4.78 is 53.6. The normalized spacial score (nSPS) is 12.2. The van der Waals surface area contributed by atoms with Crippen LogP contribution in [0.3, 0.4) is 0 Å². The highest BCUT2D eigenvalue weighted by molar-refractivity contribution is 7.98. The lowest BCUT2D eigenvalue weighted by Gasteiger charge is -2.18. The number of fused-ring (bicyclic) bond motifs is 1. The summed E-state index contributed by atoms with van der Waals surface area (Å²) in [6.45, 7) is 4.36. The van der Waals surface area contributed by atoms with Gasteiger partial charge >= 0.3 is 0 Å². The molecule has 0 bridgehead atoms. The molecule has 0 spiro atoms. The molecule has 0 saturated carbocycles. The first-order valence-corrected chi connectivity index (χ1v) is 10.8. The fourth-order valence-corrected chi connectivity index (χ4v) is 5.03. The molecule has 0 atom stereocenters. The molecule has 9 heteroatoms. The van der Waals surface area contributed by atoms with Crippen LogP contribution in [0.25, 0.3) is 11.0 Å². The number of hydrogen-bond acceptors (Lipinski definition) is 4. The summed E-state index contributed by atoms with van der Waals surface area (Å²) in [5, 5.41) is 0. The lowest BCUT2D eigenvalue weighted by atomic mass is 10.3. The number of hydrogen-bond donors (Lipinski definition) is 1. The van der Waals surface area contributed by atoms with Crippen molar-refractivity contribution in [3.8, 4) is 0 Å².